The van der Waals surface area contributed by atoms with Crippen molar-refractivity contribution in [2.45, 2.75) is 60.0 Å². The molecule has 0 saturated carbocycles. The number of hydrogen-bond acceptors (Lipinski definition) is 17. The van der Waals surface area contributed by atoms with E-state index in [0.717, 1.165) is 172 Å². The molecule has 94 heavy (non-hydrogen) atoms. The van der Waals surface area contributed by atoms with Crippen molar-refractivity contribution < 1.29 is 9.47 Å². The molecule has 490 valence electrons. The molecule has 4 aliphatic rings. The Kier molecular flexibility index (Phi) is 22.8. The van der Waals surface area contributed by atoms with Crippen molar-refractivity contribution in [3.8, 4) is 11.5 Å². The van der Waals surface area contributed by atoms with Crippen LogP contribution in [0, 0.1) is 13.8 Å². The molecule has 5 aromatic heterocycles. The number of piperazine rings is 3. The lowest BCUT2D eigenvalue weighted by molar-refractivity contribution is 0.148. The van der Waals surface area contributed by atoms with Crippen molar-refractivity contribution in [1.82, 2.24) is 63.9 Å². The summed E-state index contributed by atoms with van der Waals surface area (Å²) in [6.45, 7) is 25.1. The van der Waals surface area contributed by atoms with Gasteiger partial charge in [-0.3, -0.25) is 24.7 Å². The molecule has 0 radical (unpaired) electrons. The van der Waals surface area contributed by atoms with Crippen LogP contribution >= 0.6 is 15.9 Å². The molecule has 3 fully saturated rings. The van der Waals surface area contributed by atoms with E-state index in [4.69, 9.17) is 25.3 Å². The van der Waals surface area contributed by atoms with E-state index in [9.17, 15) is 0 Å². The minimum atomic E-state index is 0.670. The maximum Gasteiger partial charge on any atom is 0.158 e. The number of anilines is 5. The number of nitrogens with one attached hydrogen (secondary N) is 2. The lowest BCUT2D eigenvalue weighted by Crippen LogP contribution is -2.43. The fraction of sp³-hybridized carbons (Fsp3) is 0.351. The zero-order valence-electron chi connectivity index (χ0n) is 55.8. The second-order valence-corrected chi connectivity index (χ2v) is 26.0. The summed E-state index contributed by atoms with van der Waals surface area (Å²) in [6, 6.07) is 48.0. The Morgan fingerprint density at radius 3 is 1.24 bits per heavy atom. The van der Waals surface area contributed by atoms with Crippen LogP contribution in [0.1, 0.15) is 57.4 Å². The summed E-state index contributed by atoms with van der Waals surface area (Å²) < 4.78 is 15.3. The summed E-state index contributed by atoms with van der Waals surface area (Å²) in [5, 5.41) is 18.4. The van der Waals surface area contributed by atoms with Gasteiger partial charge < -0.3 is 40.5 Å². The second kappa shape index (κ2) is 32.0. The number of halogens is 1. The number of methoxy groups -OCH3 is 2. The molecule has 0 atom stereocenters. The molecular formula is C74H90BrN17O2. The molecule has 0 amide bonds. The Morgan fingerprint density at radius 2 is 0.809 bits per heavy atom. The van der Waals surface area contributed by atoms with Crippen LogP contribution in [0.3, 0.4) is 0 Å². The standard InChI is InChI=1S/C27H32N6O.C20H25N5.C15H14BrN3O.C12H19N3/c1-20-26-16-24(17-28-27(26)33(30-20)19-22-6-10-25(34-3)11-7-22)29-23-8-4-21(5-9-23)18-32-14-12-31(2)13-15-32;1-15-19-11-18(12-22-20(19)13-21-15)23-17-5-3-16(4-6-17)14-25-9-7-24(2)8-10-25;1-10-14-7-12(16)8-17-15(14)19(18-10)9-11-3-5-13(20-2)6-4-11;1-14-6-8-15(9-7-14)10-11-2-4-12(13)5-3-11/h4-11,16-17,29H,12-15,18-19H2,1-3H3;3-6,11-12,23H,7-10,13-14H2,1-2H3;3-8H,9H2,1-2H3;2-5H,6-10,13H2,1H3. The van der Waals surface area contributed by atoms with E-state index in [2.05, 4.69) is 188 Å². The Hall–Kier alpha value is -8.60. The molecule has 0 aliphatic carbocycles. The molecule has 0 bridgehead atoms. The molecule has 0 unspecified atom stereocenters. The van der Waals surface area contributed by atoms with E-state index in [0.29, 0.717) is 19.6 Å². The number of ether oxygens (including phenoxy) is 2. The van der Waals surface area contributed by atoms with E-state index in [1.165, 1.54) is 48.4 Å². The lowest BCUT2D eigenvalue weighted by atomic mass is 10.1. The zero-order chi connectivity index (χ0) is 65.5. The van der Waals surface area contributed by atoms with Crippen molar-refractivity contribution in [3.05, 3.63) is 213 Å². The third kappa shape index (κ3) is 18.4. The number of nitrogen functional groups attached to an aromatic ring is 1. The van der Waals surface area contributed by atoms with Gasteiger partial charge in [-0.1, -0.05) is 60.7 Å². The van der Waals surface area contributed by atoms with Crippen LogP contribution in [0.2, 0.25) is 0 Å². The minimum absolute atomic E-state index is 0.670. The van der Waals surface area contributed by atoms with Gasteiger partial charge in [0.25, 0.3) is 0 Å². The summed E-state index contributed by atoms with van der Waals surface area (Å²) in [5.41, 5.74) is 24.1. The molecule has 0 spiro atoms. The number of fused-ring (bicyclic) bond motifs is 3. The third-order valence-corrected chi connectivity index (χ3v) is 18.2. The van der Waals surface area contributed by atoms with Gasteiger partial charge >= 0.3 is 0 Å². The number of nitrogens with two attached hydrogens (primary N) is 1. The highest BCUT2D eigenvalue weighted by atomic mass is 79.9. The Balaban J connectivity index is 0.000000133. The smallest absolute Gasteiger partial charge is 0.158 e. The molecular weight excluding hydrogens is 1240 g/mol. The molecule has 20 heteroatoms. The number of rotatable bonds is 16. The molecule has 3 saturated heterocycles. The third-order valence-electron chi connectivity index (χ3n) is 17.8. The molecule has 14 rings (SSSR count). The predicted octanol–water partition coefficient (Wildman–Crippen LogP) is 11.8. The van der Waals surface area contributed by atoms with Crippen LogP contribution in [0.4, 0.5) is 28.4 Å². The maximum absolute atomic E-state index is 5.66. The normalized spacial score (nSPS) is 15.6. The summed E-state index contributed by atoms with van der Waals surface area (Å²) in [6.07, 6.45) is 5.57. The number of likely N-dealkylation sites (N-methyl/N-ethyl adjacent to an activating group) is 3. The van der Waals surface area contributed by atoms with Gasteiger partial charge in [0.2, 0.25) is 0 Å². The Bertz CT molecular complexity index is 4080. The first-order valence-electron chi connectivity index (χ1n) is 32.5. The van der Waals surface area contributed by atoms with Crippen molar-refractivity contribution in [2.75, 3.05) is 130 Å². The first kappa shape index (κ1) is 66.8. The van der Waals surface area contributed by atoms with E-state index < -0.39 is 0 Å². The van der Waals surface area contributed by atoms with Crippen LogP contribution in [-0.2, 0) is 39.3 Å². The zero-order valence-corrected chi connectivity index (χ0v) is 57.4. The Labute approximate surface area is 562 Å². The first-order chi connectivity index (χ1) is 45.6. The summed E-state index contributed by atoms with van der Waals surface area (Å²) >= 11 is 3.45. The summed E-state index contributed by atoms with van der Waals surface area (Å²) in [7, 11) is 9.91. The largest absolute Gasteiger partial charge is 0.497 e. The molecule has 5 aromatic carbocycles. The van der Waals surface area contributed by atoms with Crippen LogP contribution in [-0.4, -0.2) is 184 Å². The van der Waals surface area contributed by atoms with Gasteiger partial charge in [-0.05, 0) is 165 Å². The number of pyridine rings is 3. The van der Waals surface area contributed by atoms with Gasteiger partial charge in [-0.25, -0.2) is 19.3 Å². The fourth-order valence-electron chi connectivity index (χ4n) is 11.9. The quantitative estimate of drug-likeness (QED) is 0.0779. The second-order valence-electron chi connectivity index (χ2n) is 25.0. The van der Waals surface area contributed by atoms with Gasteiger partial charge in [0.05, 0.1) is 74.7 Å². The highest BCUT2D eigenvalue weighted by molar-refractivity contribution is 9.10. The predicted molar refractivity (Wildman–Crippen MR) is 385 cm³/mol. The highest BCUT2D eigenvalue weighted by Crippen LogP contribution is 2.28. The number of benzene rings is 5. The SMILES string of the molecule is CC1=NCc2ncc(Nc3ccc(CN4CCN(C)CC4)cc3)cc21.CN1CCN(Cc2ccc(N)cc2)CC1.COc1ccc(Cn2nc(C)c3cc(Br)cnc32)cc1.COc1ccc(Cn2nc(C)c3cc(Nc4ccc(CN5CCN(C)CC5)cc4)cnc32)cc1. The van der Waals surface area contributed by atoms with Gasteiger partial charge in [0.1, 0.15) is 11.5 Å². The maximum atomic E-state index is 5.66. The fourth-order valence-corrected chi connectivity index (χ4v) is 12.2. The van der Waals surface area contributed by atoms with Gasteiger partial charge in [-0.2, -0.15) is 10.2 Å². The van der Waals surface area contributed by atoms with Crippen molar-refractivity contribution in [1.29, 1.82) is 0 Å². The number of nitrogens with zero attached hydrogens (tertiary/aromatic N) is 14. The Morgan fingerprint density at radius 1 is 0.436 bits per heavy atom. The molecule has 10 aromatic rings. The van der Waals surface area contributed by atoms with Crippen LogP contribution in [0.5, 0.6) is 11.5 Å². The molecule has 9 heterocycles. The minimum Gasteiger partial charge on any atom is -0.497 e. The monoisotopic (exact) mass is 1330 g/mol. The van der Waals surface area contributed by atoms with E-state index in [1.54, 1.807) is 20.4 Å². The summed E-state index contributed by atoms with van der Waals surface area (Å²) in [4.78, 5) is 32.8. The topological polar surface area (TPSA) is 175 Å². The number of hydrogen-bond donors (Lipinski definition) is 3. The van der Waals surface area contributed by atoms with Gasteiger partial charge in [-0.15, -0.1) is 0 Å². The number of aliphatic imine (C=N–C) groups is 1. The van der Waals surface area contributed by atoms with E-state index >= 15 is 0 Å². The van der Waals surface area contributed by atoms with E-state index in [1.807, 2.05) is 91.1 Å². The summed E-state index contributed by atoms with van der Waals surface area (Å²) in [5.74, 6) is 1.71. The average Bonchev–Trinajstić information content (AvgIpc) is 1.67. The van der Waals surface area contributed by atoms with Crippen LogP contribution in [0.15, 0.2) is 168 Å². The molecule has 4 N–H and O–H groups in total. The van der Waals surface area contributed by atoms with Gasteiger partial charge in [0.15, 0.2) is 11.3 Å². The average molecular weight is 1330 g/mol. The first-order valence-corrected chi connectivity index (χ1v) is 33.3. The molecule has 4 aliphatic heterocycles. The number of aryl methyl sites for hydroxylation is 2. The van der Waals surface area contributed by atoms with E-state index in [-0.39, 0.29) is 0 Å². The highest BCUT2D eigenvalue weighted by Gasteiger charge is 2.19. The van der Waals surface area contributed by atoms with Crippen LogP contribution < -0.4 is 25.8 Å². The van der Waals surface area contributed by atoms with Crippen molar-refractivity contribution in [3.63, 3.8) is 0 Å². The molecule has 19 nitrogen and oxygen atoms in total. The van der Waals surface area contributed by atoms with Crippen molar-refractivity contribution in [2.24, 2.45) is 4.99 Å². The van der Waals surface area contributed by atoms with Gasteiger partial charge in [0, 0.05) is 148 Å². The lowest BCUT2D eigenvalue weighted by Gasteiger charge is -2.32. The van der Waals surface area contributed by atoms with Crippen LogP contribution in [0.25, 0.3) is 22.1 Å². The van der Waals surface area contributed by atoms with Crippen molar-refractivity contribution >= 4 is 72.1 Å². The number of aromatic nitrogens is 7.